The first-order valence-corrected chi connectivity index (χ1v) is 25.9. The summed E-state index contributed by atoms with van der Waals surface area (Å²) in [5, 5.41) is 4.77. The third kappa shape index (κ3) is 8.38. The molecule has 360 valence electrons. The van der Waals surface area contributed by atoms with Crippen LogP contribution >= 0.6 is 0 Å². The highest BCUT2D eigenvalue weighted by atomic mass is 15.0. The zero-order chi connectivity index (χ0) is 51.0. The zero-order valence-electron chi connectivity index (χ0n) is 42.1. The molecule has 0 atom stereocenters. The van der Waals surface area contributed by atoms with Crippen LogP contribution in [0.2, 0.25) is 0 Å². The van der Waals surface area contributed by atoms with Crippen LogP contribution in [0.15, 0.2) is 268 Å². The minimum Gasteiger partial charge on any atom is -0.309 e. The van der Waals surface area contributed by atoms with Crippen molar-refractivity contribution in [2.75, 3.05) is 0 Å². The maximum absolute atomic E-state index is 4.63. The van der Waals surface area contributed by atoms with E-state index < -0.39 is 0 Å². The quantitative estimate of drug-likeness (QED) is 0.145. The fraction of sp³-hybridized carbons (Fsp3) is 0.0286. The molecule has 0 aliphatic heterocycles. The molecule has 6 aromatic heterocycles. The van der Waals surface area contributed by atoms with Gasteiger partial charge < -0.3 is 9.13 Å². The van der Waals surface area contributed by atoms with Gasteiger partial charge in [-0.25, -0.2) is 0 Å². The second kappa shape index (κ2) is 19.8. The van der Waals surface area contributed by atoms with Gasteiger partial charge in [0.2, 0.25) is 0 Å². The summed E-state index contributed by atoms with van der Waals surface area (Å²) in [5.41, 5.74) is 22.2. The fourth-order valence-corrected chi connectivity index (χ4v) is 10.8. The minimum absolute atomic E-state index is 0.905. The lowest BCUT2D eigenvalue weighted by atomic mass is 9.97. The third-order valence-electron chi connectivity index (χ3n) is 14.4. The average Bonchev–Trinajstić information content (AvgIpc) is 4.14. The first kappa shape index (κ1) is 45.8. The van der Waals surface area contributed by atoms with Crippen molar-refractivity contribution in [2.45, 2.75) is 13.8 Å². The molecule has 14 aromatic rings. The molecule has 0 N–H and O–H groups in total. The van der Waals surface area contributed by atoms with Crippen LogP contribution in [0.1, 0.15) is 13.8 Å². The van der Waals surface area contributed by atoms with Crippen LogP contribution in [0.4, 0.5) is 0 Å². The molecule has 14 rings (SSSR count). The number of pyridine rings is 4. The van der Waals surface area contributed by atoms with E-state index >= 15 is 0 Å². The van der Waals surface area contributed by atoms with Gasteiger partial charge in [-0.05, 0) is 159 Å². The second-order valence-electron chi connectivity index (χ2n) is 18.8. The number of rotatable bonds is 9. The molecular formula is C70H50N6. The van der Waals surface area contributed by atoms with Gasteiger partial charge in [0.1, 0.15) is 0 Å². The van der Waals surface area contributed by atoms with Crippen LogP contribution in [-0.2, 0) is 0 Å². The molecule has 0 radical (unpaired) electrons. The highest BCUT2D eigenvalue weighted by Crippen LogP contribution is 2.41. The summed E-state index contributed by atoms with van der Waals surface area (Å²) in [7, 11) is 0. The molecule has 0 aliphatic rings. The van der Waals surface area contributed by atoms with E-state index in [0.717, 1.165) is 111 Å². The lowest BCUT2D eigenvalue weighted by Gasteiger charge is -2.13. The number of hydrogen-bond donors (Lipinski definition) is 0. The number of aromatic nitrogens is 6. The van der Waals surface area contributed by atoms with E-state index in [1.54, 1.807) is 0 Å². The van der Waals surface area contributed by atoms with Gasteiger partial charge in [0, 0.05) is 98.6 Å². The predicted molar refractivity (Wildman–Crippen MR) is 316 cm³/mol. The SMILES string of the molecule is CC.c1ccc(-c2cncc(-c3ccc4c(c3)c3ccccc3n4-c3cccc(-c4cccc(-n5c6ccc(-c7cccc(-c8cccnc8)c7)cc6c6cc(-c7cccc(-c8cccnc8)c7)ccc65)c4)c3)c2)nc1. The summed E-state index contributed by atoms with van der Waals surface area (Å²) in [6, 6.07) is 81.1. The average molecular weight is 975 g/mol. The minimum atomic E-state index is 0.905. The highest BCUT2D eigenvalue weighted by Gasteiger charge is 2.18. The number of hydrogen-bond acceptors (Lipinski definition) is 4. The standard InChI is InChI=1S/C68H44N6.C2H6/c1-2-23-65-60(21-1)61-40-53(56-35-57(44-71-43-56)64-22-3-4-32-72-64)26-29-66(61)73(65)58-19-7-15-49(36-58)50-16-8-20-59(37-50)74-67-27-24-51(45-11-5-13-47(33-45)54-17-9-30-69-41-54)38-62(67)63-39-52(25-28-68(63)74)46-12-6-14-48(34-46)55-18-10-31-70-42-55;1-2/h1-44H;1-2H3. The Bertz CT molecular complexity index is 4280. The summed E-state index contributed by atoms with van der Waals surface area (Å²) in [5.74, 6) is 0. The number of nitrogens with zero attached hydrogens (tertiary/aromatic N) is 6. The first-order valence-electron chi connectivity index (χ1n) is 25.9. The van der Waals surface area contributed by atoms with Gasteiger partial charge in [0.15, 0.2) is 0 Å². The van der Waals surface area contributed by atoms with Crippen molar-refractivity contribution in [3.8, 4) is 89.4 Å². The van der Waals surface area contributed by atoms with Gasteiger partial charge in [-0.1, -0.05) is 129 Å². The lowest BCUT2D eigenvalue weighted by molar-refractivity contribution is 1.17. The molecule has 8 aromatic carbocycles. The summed E-state index contributed by atoms with van der Waals surface area (Å²) < 4.78 is 4.82. The van der Waals surface area contributed by atoms with Crippen molar-refractivity contribution in [2.24, 2.45) is 0 Å². The third-order valence-corrected chi connectivity index (χ3v) is 14.4. The molecule has 76 heavy (non-hydrogen) atoms. The topological polar surface area (TPSA) is 61.4 Å². The molecule has 0 fully saturated rings. The summed E-state index contributed by atoms with van der Waals surface area (Å²) in [4.78, 5) is 18.0. The monoisotopic (exact) mass is 974 g/mol. The van der Waals surface area contributed by atoms with Crippen LogP contribution < -0.4 is 0 Å². The Morgan fingerprint density at radius 2 is 0.645 bits per heavy atom. The van der Waals surface area contributed by atoms with Gasteiger partial charge >= 0.3 is 0 Å². The van der Waals surface area contributed by atoms with Crippen molar-refractivity contribution in [1.82, 2.24) is 29.1 Å². The van der Waals surface area contributed by atoms with Crippen molar-refractivity contribution in [3.05, 3.63) is 268 Å². The fourth-order valence-electron chi connectivity index (χ4n) is 10.8. The zero-order valence-corrected chi connectivity index (χ0v) is 42.1. The number of fused-ring (bicyclic) bond motifs is 6. The van der Waals surface area contributed by atoms with Crippen LogP contribution in [0.25, 0.3) is 133 Å². The maximum atomic E-state index is 4.63. The van der Waals surface area contributed by atoms with Crippen molar-refractivity contribution in [1.29, 1.82) is 0 Å². The molecule has 0 aliphatic carbocycles. The summed E-state index contributed by atoms with van der Waals surface area (Å²) >= 11 is 0. The van der Waals surface area contributed by atoms with E-state index in [2.05, 4.69) is 223 Å². The summed E-state index contributed by atoms with van der Waals surface area (Å²) in [6.45, 7) is 4.00. The van der Waals surface area contributed by atoms with E-state index in [1.807, 2.05) is 87.6 Å². The van der Waals surface area contributed by atoms with Gasteiger partial charge in [0.05, 0.1) is 27.8 Å². The molecule has 6 heterocycles. The van der Waals surface area contributed by atoms with Crippen LogP contribution in [-0.4, -0.2) is 29.1 Å². The van der Waals surface area contributed by atoms with Crippen LogP contribution in [0.3, 0.4) is 0 Å². The Morgan fingerprint density at radius 1 is 0.250 bits per heavy atom. The largest absolute Gasteiger partial charge is 0.309 e. The van der Waals surface area contributed by atoms with Crippen LogP contribution in [0, 0.1) is 0 Å². The van der Waals surface area contributed by atoms with Crippen molar-refractivity contribution < 1.29 is 0 Å². The number of benzene rings is 8. The van der Waals surface area contributed by atoms with Crippen LogP contribution in [0.5, 0.6) is 0 Å². The van der Waals surface area contributed by atoms with Crippen molar-refractivity contribution >= 4 is 43.6 Å². The maximum Gasteiger partial charge on any atom is 0.0717 e. The van der Waals surface area contributed by atoms with Gasteiger partial charge in [-0.15, -0.1) is 0 Å². The molecule has 6 nitrogen and oxygen atoms in total. The smallest absolute Gasteiger partial charge is 0.0717 e. The van der Waals surface area contributed by atoms with E-state index in [0.29, 0.717) is 0 Å². The molecule has 0 bridgehead atoms. The molecule has 0 saturated carbocycles. The van der Waals surface area contributed by atoms with Gasteiger partial charge in [0.25, 0.3) is 0 Å². The van der Waals surface area contributed by atoms with E-state index in [4.69, 9.17) is 0 Å². The Kier molecular flexibility index (Phi) is 11.9. The normalized spacial score (nSPS) is 11.3. The molecule has 6 heteroatoms. The molecule has 0 saturated heterocycles. The van der Waals surface area contributed by atoms with E-state index in [1.165, 1.54) is 21.5 Å². The molecule has 0 amide bonds. The summed E-state index contributed by atoms with van der Waals surface area (Å²) in [6.07, 6.45) is 13.1. The number of para-hydroxylation sites is 1. The molecule has 0 unspecified atom stereocenters. The predicted octanol–water partition coefficient (Wildman–Crippen LogP) is 18.2. The van der Waals surface area contributed by atoms with E-state index in [-0.39, 0.29) is 0 Å². The Balaban J connectivity index is 0.00000274. The van der Waals surface area contributed by atoms with Crippen molar-refractivity contribution in [3.63, 3.8) is 0 Å². The Hall–Kier alpha value is -10.0. The first-order chi connectivity index (χ1) is 37.7. The lowest BCUT2D eigenvalue weighted by Crippen LogP contribution is -1.96. The van der Waals surface area contributed by atoms with Gasteiger partial charge in [-0.3, -0.25) is 19.9 Å². The molecule has 0 spiro atoms. The Morgan fingerprint density at radius 3 is 1.16 bits per heavy atom. The molecular weight excluding hydrogens is 925 g/mol. The Labute approximate surface area is 441 Å². The second-order valence-corrected chi connectivity index (χ2v) is 18.8. The van der Waals surface area contributed by atoms with E-state index in [9.17, 15) is 0 Å². The van der Waals surface area contributed by atoms with Gasteiger partial charge in [-0.2, -0.15) is 0 Å². The highest BCUT2D eigenvalue weighted by molar-refractivity contribution is 6.12.